The molecule has 0 aliphatic carbocycles. The summed E-state index contributed by atoms with van der Waals surface area (Å²) in [5, 5.41) is 34.7. The highest BCUT2D eigenvalue weighted by Gasteiger charge is 2.67. The van der Waals surface area contributed by atoms with Crippen LogP contribution >= 0.6 is 11.6 Å². The number of ether oxygens (including phenoxy) is 3. The highest BCUT2D eigenvalue weighted by Crippen LogP contribution is 2.66. The van der Waals surface area contributed by atoms with Gasteiger partial charge in [0.2, 0.25) is 17.6 Å². The number of nitriles is 1. The van der Waals surface area contributed by atoms with E-state index in [1.807, 2.05) is 24.3 Å². The van der Waals surface area contributed by atoms with Crippen LogP contribution in [0.4, 0.5) is 0 Å². The number of benzene rings is 2. The topological polar surface area (TPSA) is 127 Å². The Kier molecular flexibility index (Phi) is 5.72. The number of aromatic hydroxyl groups is 2. The highest BCUT2D eigenvalue weighted by atomic mass is 35.5. The van der Waals surface area contributed by atoms with E-state index < -0.39 is 23.3 Å². The monoisotopic (exact) mass is 545 g/mol. The zero-order chi connectivity index (χ0) is 27.5. The lowest BCUT2D eigenvalue weighted by atomic mass is 9.76. The first-order valence-corrected chi connectivity index (χ1v) is 12.8. The summed E-state index contributed by atoms with van der Waals surface area (Å²) < 4.78 is 19.4. The third-order valence-corrected chi connectivity index (χ3v) is 7.86. The fourth-order valence-corrected chi connectivity index (χ4v) is 6.14. The Morgan fingerprint density at radius 1 is 1.18 bits per heavy atom. The predicted octanol–water partition coefficient (Wildman–Crippen LogP) is 5.21. The third-order valence-electron chi connectivity index (χ3n) is 7.64. The molecular formula is C29H24ClN3O6. The van der Waals surface area contributed by atoms with E-state index in [2.05, 4.69) is 11.1 Å². The Labute approximate surface area is 228 Å². The maximum atomic E-state index is 12.0. The van der Waals surface area contributed by atoms with Crippen LogP contribution in [0.15, 0.2) is 54.7 Å². The van der Waals surface area contributed by atoms with Crippen LogP contribution in [0, 0.1) is 11.3 Å². The van der Waals surface area contributed by atoms with E-state index in [1.165, 1.54) is 17.7 Å². The van der Waals surface area contributed by atoms with Crippen LogP contribution in [-0.2, 0) is 25.5 Å². The number of nitrogens with zero attached hydrogens (tertiary/aromatic N) is 3. The molecule has 0 amide bonds. The smallest absolute Gasteiger partial charge is 0.303 e. The highest BCUT2D eigenvalue weighted by molar-refractivity contribution is 6.30. The van der Waals surface area contributed by atoms with Gasteiger partial charge in [-0.25, -0.2) is 4.98 Å². The fourth-order valence-electron chi connectivity index (χ4n) is 6.03. The van der Waals surface area contributed by atoms with E-state index in [0.717, 1.165) is 0 Å². The van der Waals surface area contributed by atoms with Gasteiger partial charge in [-0.15, -0.1) is 0 Å². The van der Waals surface area contributed by atoms with Gasteiger partial charge in [-0.1, -0.05) is 35.9 Å². The first-order valence-electron chi connectivity index (χ1n) is 12.4. The van der Waals surface area contributed by atoms with Crippen LogP contribution < -0.4 is 4.74 Å². The zero-order valence-corrected chi connectivity index (χ0v) is 21.9. The maximum Gasteiger partial charge on any atom is 0.303 e. The molecule has 2 aromatic carbocycles. The van der Waals surface area contributed by atoms with Gasteiger partial charge in [-0.3, -0.25) is 9.36 Å². The molecule has 2 N–H and O–H groups in total. The quantitative estimate of drug-likeness (QED) is 0.316. The molecule has 4 heterocycles. The molecule has 0 radical (unpaired) electrons. The van der Waals surface area contributed by atoms with Gasteiger partial charge in [0.25, 0.3) is 0 Å². The standard InChI is InChI=1S/C29H24ClN3O6/c1-16(34)38-22-13-29(11-12-37-23-10-8-18(30)15-32-23)25-24(28(22,2)39-29)26(35)33(27(25)36)21-9-7-17(14-31)19-5-3-4-6-20(19)21/h3-10,15,22,35-36H,11-13H2,1-2H3/t22-,28-,29+/m0/s1. The average Bonchev–Trinajstić information content (AvgIpc) is 3.46. The second-order valence-electron chi connectivity index (χ2n) is 9.94. The van der Waals surface area contributed by atoms with Crippen molar-refractivity contribution in [3.05, 3.63) is 76.4 Å². The largest absolute Gasteiger partial charge is 0.494 e. The number of rotatable bonds is 6. The molecule has 0 unspecified atom stereocenters. The van der Waals surface area contributed by atoms with Crippen molar-refractivity contribution < 1.29 is 29.2 Å². The Balaban J connectivity index is 1.47. The first-order chi connectivity index (χ1) is 18.7. The molecule has 10 heteroatoms. The van der Waals surface area contributed by atoms with Gasteiger partial charge < -0.3 is 24.4 Å². The SMILES string of the molecule is CC(=O)O[C@H]1C[C@@]2(CCOc3ccc(Cl)cn3)O[C@]1(C)c1c2c(O)n(-c2ccc(C#N)c3ccccc23)c1O. The number of aromatic nitrogens is 2. The van der Waals surface area contributed by atoms with Crippen molar-refractivity contribution in [3.8, 4) is 29.4 Å². The van der Waals surface area contributed by atoms with Crippen molar-refractivity contribution in [2.75, 3.05) is 6.61 Å². The lowest BCUT2D eigenvalue weighted by Gasteiger charge is -2.29. The molecule has 1 fully saturated rings. The summed E-state index contributed by atoms with van der Waals surface area (Å²) in [5.41, 5.74) is -0.566. The molecule has 9 nitrogen and oxygen atoms in total. The molecule has 2 aromatic heterocycles. The molecule has 39 heavy (non-hydrogen) atoms. The van der Waals surface area contributed by atoms with E-state index in [4.69, 9.17) is 25.8 Å². The van der Waals surface area contributed by atoms with E-state index in [9.17, 15) is 20.3 Å². The molecule has 0 spiro atoms. The summed E-state index contributed by atoms with van der Waals surface area (Å²) in [6, 6.07) is 16.1. The van der Waals surface area contributed by atoms with Gasteiger partial charge in [-0.05, 0) is 25.1 Å². The molecule has 2 aliphatic heterocycles. The molecule has 2 bridgehead atoms. The summed E-state index contributed by atoms with van der Waals surface area (Å²) in [7, 11) is 0. The summed E-state index contributed by atoms with van der Waals surface area (Å²) in [4.78, 5) is 16.1. The summed E-state index contributed by atoms with van der Waals surface area (Å²) in [6.07, 6.45) is 1.32. The number of fused-ring (bicyclic) bond motifs is 6. The molecule has 6 rings (SSSR count). The van der Waals surface area contributed by atoms with Gasteiger partial charge in [-0.2, -0.15) is 5.26 Å². The van der Waals surface area contributed by atoms with Crippen molar-refractivity contribution in [1.82, 2.24) is 9.55 Å². The van der Waals surface area contributed by atoms with Crippen LogP contribution in [0.3, 0.4) is 0 Å². The van der Waals surface area contributed by atoms with Crippen molar-refractivity contribution in [3.63, 3.8) is 0 Å². The van der Waals surface area contributed by atoms with Crippen LogP contribution in [-0.4, -0.2) is 38.4 Å². The summed E-state index contributed by atoms with van der Waals surface area (Å²) >= 11 is 5.92. The molecule has 4 aromatic rings. The number of hydrogen-bond acceptors (Lipinski definition) is 8. The second kappa shape index (κ2) is 8.90. The number of esters is 1. The molecule has 0 saturated carbocycles. The van der Waals surface area contributed by atoms with Crippen molar-refractivity contribution in [2.45, 2.75) is 44.0 Å². The maximum absolute atomic E-state index is 12.0. The van der Waals surface area contributed by atoms with E-state index in [1.54, 1.807) is 31.2 Å². The minimum atomic E-state index is -1.21. The van der Waals surface area contributed by atoms with Crippen LogP contribution in [0.2, 0.25) is 5.02 Å². The second-order valence-corrected chi connectivity index (χ2v) is 10.4. The zero-order valence-electron chi connectivity index (χ0n) is 21.1. The number of pyridine rings is 1. The minimum absolute atomic E-state index is 0.169. The van der Waals surface area contributed by atoms with Crippen LogP contribution in [0.25, 0.3) is 16.5 Å². The van der Waals surface area contributed by atoms with Crippen molar-refractivity contribution >= 4 is 28.3 Å². The number of hydrogen-bond donors (Lipinski definition) is 2. The van der Waals surface area contributed by atoms with Crippen molar-refractivity contribution in [2.24, 2.45) is 0 Å². The molecule has 3 atom stereocenters. The molecule has 1 saturated heterocycles. The Morgan fingerprint density at radius 2 is 1.92 bits per heavy atom. The Bertz CT molecular complexity index is 1680. The lowest BCUT2D eigenvalue weighted by Crippen LogP contribution is -2.37. The van der Waals surface area contributed by atoms with E-state index >= 15 is 0 Å². The molecular weight excluding hydrogens is 522 g/mol. The Morgan fingerprint density at radius 3 is 2.62 bits per heavy atom. The summed E-state index contributed by atoms with van der Waals surface area (Å²) in [6.45, 7) is 3.24. The number of carbonyl (C=O) groups excluding carboxylic acids is 1. The number of carbonyl (C=O) groups is 1. The van der Waals surface area contributed by atoms with Gasteiger partial charge in [0, 0.05) is 42.8 Å². The molecule has 198 valence electrons. The third kappa shape index (κ3) is 3.71. The fraction of sp³-hybridized carbons (Fsp3) is 0.276. The van der Waals surface area contributed by atoms with Gasteiger partial charge >= 0.3 is 5.97 Å². The van der Waals surface area contributed by atoms with Gasteiger partial charge in [0.05, 0.1) is 40.1 Å². The average molecular weight is 546 g/mol. The minimum Gasteiger partial charge on any atom is -0.494 e. The van der Waals surface area contributed by atoms with E-state index in [0.29, 0.717) is 44.1 Å². The van der Waals surface area contributed by atoms with Gasteiger partial charge in [0.1, 0.15) is 17.3 Å². The van der Waals surface area contributed by atoms with Gasteiger partial charge in [0.15, 0.2) is 0 Å². The van der Waals surface area contributed by atoms with Crippen molar-refractivity contribution in [1.29, 1.82) is 5.26 Å². The summed E-state index contributed by atoms with van der Waals surface area (Å²) in [5.74, 6) is -0.511. The Hall–Kier alpha value is -4.26. The normalized spacial score (nSPS) is 23.0. The lowest BCUT2D eigenvalue weighted by molar-refractivity contribution is -0.158. The first kappa shape index (κ1) is 25.0. The predicted molar refractivity (Wildman–Crippen MR) is 141 cm³/mol. The molecule has 2 aliphatic rings. The number of halogens is 1. The van der Waals surface area contributed by atoms with Crippen LogP contribution in [0.1, 0.15) is 43.4 Å². The van der Waals surface area contributed by atoms with E-state index in [-0.39, 0.29) is 31.2 Å². The van der Waals surface area contributed by atoms with Crippen LogP contribution in [0.5, 0.6) is 17.6 Å².